The van der Waals surface area contributed by atoms with Gasteiger partial charge in [-0.3, -0.25) is 0 Å². The molecule has 0 aromatic heterocycles. The molecule has 1 heterocycles. The van der Waals surface area contributed by atoms with Crippen LogP contribution in [0.5, 0.6) is 0 Å². The Bertz CT molecular complexity index is 485. The van der Waals surface area contributed by atoms with Gasteiger partial charge in [-0.25, -0.2) is 9.59 Å². The van der Waals surface area contributed by atoms with E-state index in [-0.39, 0.29) is 12.4 Å². The van der Waals surface area contributed by atoms with E-state index in [0.717, 1.165) is 0 Å². The topological polar surface area (TPSA) is 82.1 Å². The predicted molar refractivity (Wildman–Crippen MR) is 64.0 cm³/mol. The van der Waals surface area contributed by atoms with Crippen LogP contribution >= 0.6 is 0 Å². The number of aliphatic hydroxyl groups is 1. The molecule has 102 valence electrons. The Morgan fingerprint density at radius 2 is 2.32 bits per heavy atom. The number of carbonyl (C=O) groups excluding carboxylic acids is 2. The number of methoxy groups -OCH3 is 1. The quantitative estimate of drug-likeness (QED) is 0.768. The minimum absolute atomic E-state index is 0.0305. The van der Waals surface area contributed by atoms with E-state index in [1.54, 1.807) is 0 Å². The first-order valence-corrected chi connectivity index (χ1v) is 5.82. The van der Waals surface area contributed by atoms with Gasteiger partial charge in [0.1, 0.15) is 12.4 Å². The molecule has 0 saturated carbocycles. The highest BCUT2D eigenvalue weighted by molar-refractivity contribution is 5.90. The second kappa shape index (κ2) is 5.60. The summed E-state index contributed by atoms with van der Waals surface area (Å²) in [5.41, 5.74) is 0.369. The lowest BCUT2D eigenvalue weighted by atomic mass is 10.0. The summed E-state index contributed by atoms with van der Waals surface area (Å²) in [6.45, 7) is -0.0305. The molecule has 0 radical (unpaired) electrons. The molecule has 19 heavy (non-hydrogen) atoms. The third-order valence-corrected chi connectivity index (χ3v) is 2.79. The Balaban J connectivity index is 1.96. The average Bonchev–Trinajstić information content (AvgIpc) is 2.81. The van der Waals surface area contributed by atoms with Crippen molar-refractivity contribution in [2.24, 2.45) is 0 Å². The van der Waals surface area contributed by atoms with E-state index < -0.39 is 18.0 Å². The molecular weight excluding hydrogens is 252 g/mol. The molecule has 0 amide bonds. The zero-order chi connectivity index (χ0) is 13.8. The normalized spacial score (nSPS) is 22.1. The molecule has 0 saturated heterocycles. The van der Waals surface area contributed by atoms with E-state index in [1.165, 1.54) is 25.3 Å². The number of hydrogen-bond donors (Lipinski definition) is 1. The van der Waals surface area contributed by atoms with Gasteiger partial charge in [0.05, 0.1) is 18.4 Å². The van der Waals surface area contributed by atoms with Gasteiger partial charge in [0.25, 0.3) is 0 Å². The minimum Gasteiger partial charge on any atom is -0.512 e. The van der Waals surface area contributed by atoms with Crippen molar-refractivity contribution in [2.45, 2.75) is 18.9 Å². The van der Waals surface area contributed by atoms with Crippen molar-refractivity contribution in [3.05, 3.63) is 35.3 Å². The maximum Gasteiger partial charge on any atom is 0.337 e. The number of carbonyl (C=O) groups is 2. The number of hydrogen-bond acceptors (Lipinski definition) is 6. The van der Waals surface area contributed by atoms with Crippen LogP contribution in [0, 0.1) is 0 Å². The van der Waals surface area contributed by atoms with Crippen molar-refractivity contribution >= 4 is 11.9 Å². The van der Waals surface area contributed by atoms with Gasteiger partial charge in [-0.15, -0.1) is 0 Å². The first kappa shape index (κ1) is 13.2. The maximum atomic E-state index is 11.9. The molecule has 2 rings (SSSR count). The number of cyclic esters (lactones) is 1. The van der Waals surface area contributed by atoms with Gasteiger partial charge in [-0.2, -0.15) is 0 Å². The number of rotatable bonds is 4. The smallest absolute Gasteiger partial charge is 0.337 e. The predicted octanol–water partition coefficient (Wildman–Crippen LogP) is 1.15. The van der Waals surface area contributed by atoms with Crippen LogP contribution in [0.1, 0.15) is 12.8 Å². The summed E-state index contributed by atoms with van der Waals surface area (Å²) in [5, 5.41) is 9.37. The van der Waals surface area contributed by atoms with Crippen LogP contribution in [0.3, 0.4) is 0 Å². The van der Waals surface area contributed by atoms with Gasteiger partial charge in [0, 0.05) is 18.6 Å². The Hall–Kier alpha value is -2.24. The van der Waals surface area contributed by atoms with Crippen LogP contribution in [0.25, 0.3) is 0 Å². The SMILES string of the molecule is COC1=C(C(=O)OCC2C=CC(=O)O2)CCC(O)=C1. The lowest BCUT2D eigenvalue weighted by Gasteiger charge is -2.16. The maximum absolute atomic E-state index is 11.9. The highest BCUT2D eigenvalue weighted by atomic mass is 16.6. The van der Waals surface area contributed by atoms with Crippen LogP contribution in [-0.4, -0.2) is 36.9 Å². The third-order valence-electron chi connectivity index (χ3n) is 2.79. The van der Waals surface area contributed by atoms with Gasteiger partial charge in [0.15, 0.2) is 6.10 Å². The zero-order valence-electron chi connectivity index (χ0n) is 10.4. The lowest BCUT2D eigenvalue weighted by molar-refractivity contribution is -0.149. The molecule has 0 aromatic rings. The van der Waals surface area contributed by atoms with Crippen LogP contribution in [0.4, 0.5) is 0 Å². The molecular formula is C13H14O6. The summed E-state index contributed by atoms with van der Waals surface area (Å²) >= 11 is 0. The Labute approximate surface area is 109 Å². The minimum atomic E-state index is -0.532. The van der Waals surface area contributed by atoms with E-state index in [9.17, 15) is 14.7 Å². The molecule has 0 spiro atoms. The van der Waals surface area contributed by atoms with Crippen molar-refractivity contribution in [1.82, 2.24) is 0 Å². The van der Waals surface area contributed by atoms with Crippen LogP contribution in [-0.2, 0) is 23.8 Å². The van der Waals surface area contributed by atoms with Crippen LogP contribution in [0.2, 0.25) is 0 Å². The molecule has 1 unspecified atom stereocenters. The monoisotopic (exact) mass is 266 g/mol. The standard InChI is InChI=1S/C13H14O6/c1-17-11-6-8(14)2-4-10(11)13(16)18-7-9-3-5-12(15)19-9/h3,5-6,9,14H,2,4,7H2,1H3. The van der Waals surface area contributed by atoms with Crippen molar-refractivity contribution in [3.8, 4) is 0 Å². The molecule has 2 aliphatic rings. The molecule has 0 fully saturated rings. The summed E-state index contributed by atoms with van der Waals surface area (Å²) in [6.07, 6.45) is 4.42. The summed E-state index contributed by atoms with van der Waals surface area (Å²) in [5.74, 6) is -0.505. The van der Waals surface area contributed by atoms with E-state index in [0.29, 0.717) is 24.2 Å². The Kier molecular flexibility index (Phi) is 3.89. The van der Waals surface area contributed by atoms with Gasteiger partial charge in [-0.05, 0) is 12.5 Å². The first-order valence-electron chi connectivity index (χ1n) is 5.82. The Morgan fingerprint density at radius 3 is 2.95 bits per heavy atom. The van der Waals surface area contributed by atoms with Crippen molar-refractivity contribution in [3.63, 3.8) is 0 Å². The van der Waals surface area contributed by atoms with Crippen molar-refractivity contribution < 1.29 is 28.9 Å². The molecule has 1 aliphatic heterocycles. The van der Waals surface area contributed by atoms with Gasteiger partial charge in [-0.1, -0.05) is 0 Å². The van der Waals surface area contributed by atoms with Crippen molar-refractivity contribution in [1.29, 1.82) is 0 Å². The average molecular weight is 266 g/mol. The Morgan fingerprint density at radius 1 is 1.53 bits per heavy atom. The van der Waals surface area contributed by atoms with Crippen LogP contribution < -0.4 is 0 Å². The highest BCUT2D eigenvalue weighted by Crippen LogP contribution is 2.24. The van der Waals surface area contributed by atoms with E-state index in [2.05, 4.69) is 0 Å². The summed E-state index contributed by atoms with van der Waals surface area (Å²) in [6, 6.07) is 0. The summed E-state index contributed by atoms with van der Waals surface area (Å²) in [4.78, 5) is 22.7. The van der Waals surface area contributed by atoms with E-state index in [4.69, 9.17) is 14.2 Å². The molecule has 0 aromatic carbocycles. The van der Waals surface area contributed by atoms with E-state index >= 15 is 0 Å². The fourth-order valence-electron chi connectivity index (χ4n) is 1.82. The molecule has 1 N–H and O–H groups in total. The largest absolute Gasteiger partial charge is 0.512 e. The molecule has 6 nitrogen and oxygen atoms in total. The lowest BCUT2D eigenvalue weighted by Crippen LogP contribution is -2.21. The van der Waals surface area contributed by atoms with Gasteiger partial charge >= 0.3 is 11.9 Å². The van der Waals surface area contributed by atoms with Gasteiger partial charge < -0.3 is 19.3 Å². The van der Waals surface area contributed by atoms with Crippen LogP contribution in [0.15, 0.2) is 35.3 Å². The number of esters is 2. The number of allylic oxidation sites excluding steroid dienone is 2. The fourth-order valence-corrected chi connectivity index (χ4v) is 1.82. The molecule has 1 aliphatic carbocycles. The molecule has 6 heteroatoms. The zero-order valence-corrected chi connectivity index (χ0v) is 10.4. The molecule has 1 atom stereocenters. The third kappa shape index (κ3) is 3.15. The summed E-state index contributed by atoms with van der Waals surface area (Å²) < 4.78 is 14.9. The number of ether oxygens (including phenoxy) is 3. The van der Waals surface area contributed by atoms with Gasteiger partial charge in [0.2, 0.25) is 0 Å². The second-order valence-electron chi connectivity index (χ2n) is 4.12. The van der Waals surface area contributed by atoms with E-state index in [1.807, 2.05) is 0 Å². The highest BCUT2D eigenvalue weighted by Gasteiger charge is 2.24. The fraction of sp³-hybridized carbons (Fsp3) is 0.385. The van der Waals surface area contributed by atoms with Crippen molar-refractivity contribution in [2.75, 3.05) is 13.7 Å². The first-order chi connectivity index (χ1) is 9.10. The molecule has 0 bridgehead atoms. The number of aliphatic hydroxyl groups excluding tert-OH is 1. The second-order valence-corrected chi connectivity index (χ2v) is 4.12. The summed E-state index contributed by atoms with van der Waals surface area (Å²) in [7, 11) is 1.42.